The van der Waals surface area contributed by atoms with Crippen molar-refractivity contribution in [2.75, 3.05) is 5.32 Å². The van der Waals surface area contributed by atoms with E-state index in [2.05, 4.69) is 28.2 Å². The Balaban J connectivity index is 2.43. The molecular formula is C14H20BrNO. The topological polar surface area (TPSA) is 29.1 Å². The lowest BCUT2D eigenvalue weighted by atomic mass is 10.1. The second-order valence-electron chi connectivity index (χ2n) is 4.30. The Morgan fingerprint density at radius 2 is 2.06 bits per heavy atom. The van der Waals surface area contributed by atoms with Crippen LogP contribution in [0.3, 0.4) is 0 Å². The molecule has 2 nitrogen and oxygen atoms in total. The SMILES string of the molecule is CCCCCCC(=O)Nc1cccc(C)c1Br. The quantitative estimate of drug-likeness (QED) is 0.760. The largest absolute Gasteiger partial charge is 0.325 e. The molecule has 1 N–H and O–H groups in total. The van der Waals surface area contributed by atoms with E-state index in [1.165, 1.54) is 12.8 Å². The highest BCUT2D eigenvalue weighted by Gasteiger charge is 2.06. The number of rotatable bonds is 6. The zero-order valence-corrected chi connectivity index (χ0v) is 12.1. The fourth-order valence-electron chi connectivity index (χ4n) is 1.67. The van der Waals surface area contributed by atoms with Crippen molar-refractivity contribution in [3.8, 4) is 0 Å². The van der Waals surface area contributed by atoms with E-state index >= 15 is 0 Å². The Hall–Kier alpha value is -0.830. The normalized spacial score (nSPS) is 10.3. The Morgan fingerprint density at radius 3 is 2.76 bits per heavy atom. The highest BCUT2D eigenvalue weighted by Crippen LogP contribution is 2.25. The number of nitrogens with one attached hydrogen (secondary N) is 1. The average molecular weight is 298 g/mol. The van der Waals surface area contributed by atoms with Gasteiger partial charge in [-0.3, -0.25) is 4.79 Å². The van der Waals surface area contributed by atoms with Gasteiger partial charge in [-0.1, -0.05) is 38.3 Å². The molecule has 0 aliphatic heterocycles. The maximum Gasteiger partial charge on any atom is 0.224 e. The second-order valence-corrected chi connectivity index (χ2v) is 5.09. The Morgan fingerprint density at radius 1 is 1.29 bits per heavy atom. The molecule has 0 bridgehead atoms. The number of benzene rings is 1. The molecule has 0 spiro atoms. The minimum atomic E-state index is 0.104. The van der Waals surface area contributed by atoms with Gasteiger partial charge in [0.25, 0.3) is 0 Å². The number of unbranched alkanes of at least 4 members (excludes halogenated alkanes) is 3. The van der Waals surface area contributed by atoms with Gasteiger partial charge in [0.15, 0.2) is 0 Å². The first kappa shape index (κ1) is 14.2. The van der Waals surface area contributed by atoms with E-state index in [9.17, 15) is 4.79 Å². The Kier molecular flexibility index (Phi) is 6.27. The van der Waals surface area contributed by atoms with Crippen LogP contribution in [0, 0.1) is 6.92 Å². The van der Waals surface area contributed by atoms with Crippen LogP contribution in [0.15, 0.2) is 22.7 Å². The van der Waals surface area contributed by atoms with Crippen LogP contribution < -0.4 is 5.32 Å². The summed E-state index contributed by atoms with van der Waals surface area (Å²) >= 11 is 3.49. The van der Waals surface area contributed by atoms with Gasteiger partial charge in [-0.2, -0.15) is 0 Å². The third kappa shape index (κ3) is 4.90. The van der Waals surface area contributed by atoms with Crippen molar-refractivity contribution in [2.45, 2.75) is 46.0 Å². The van der Waals surface area contributed by atoms with Crippen LogP contribution in [-0.2, 0) is 4.79 Å². The van der Waals surface area contributed by atoms with E-state index in [-0.39, 0.29) is 5.91 Å². The van der Waals surface area contributed by atoms with Gasteiger partial charge >= 0.3 is 0 Å². The fraction of sp³-hybridized carbons (Fsp3) is 0.500. The van der Waals surface area contributed by atoms with Gasteiger partial charge in [-0.15, -0.1) is 0 Å². The van der Waals surface area contributed by atoms with Gasteiger partial charge in [-0.25, -0.2) is 0 Å². The predicted molar refractivity (Wildman–Crippen MR) is 76.3 cm³/mol. The Bertz CT molecular complexity index is 376. The number of hydrogen-bond acceptors (Lipinski definition) is 1. The lowest BCUT2D eigenvalue weighted by molar-refractivity contribution is -0.116. The zero-order chi connectivity index (χ0) is 12.7. The summed E-state index contributed by atoms with van der Waals surface area (Å²) in [6.07, 6.45) is 5.13. The summed E-state index contributed by atoms with van der Waals surface area (Å²) in [6.45, 7) is 4.19. The van der Waals surface area contributed by atoms with Gasteiger partial charge in [0.05, 0.1) is 5.69 Å². The highest BCUT2D eigenvalue weighted by atomic mass is 79.9. The molecule has 0 saturated heterocycles. The van der Waals surface area contributed by atoms with E-state index in [4.69, 9.17) is 0 Å². The highest BCUT2D eigenvalue weighted by molar-refractivity contribution is 9.10. The molecule has 1 aromatic carbocycles. The van der Waals surface area contributed by atoms with Crippen molar-refractivity contribution < 1.29 is 4.79 Å². The molecule has 1 amide bonds. The third-order valence-corrected chi connectivity index (χ3v) is 3.78. The summed E-state index contributed by atoms with van der Waals surface area (Å²) in [5, 5.41) is 2.94. The molecule has 0 aliphatic carbocycles. The number of amides is 1. The number of carbonyl (C=O) groups is 1. The van der Waals surface area contributed by atoms with Crippen LogP contribution in [0.5, 0.6) is 0 Å². The number of carbonyl (C=O) groups excluding carboxylic acids is 1. The minimum Gasteiger partial charge on any atom is -0.325 e. The second kappa shape index (κ2) is 7.49. The molecule has 0 fully saturated rings. The van der Waals surface area contributed by atoms with Crippen molar-refractivity contribution >= 4 is 27.5 Å². The molecule has 1 aromatic rings. The van der Waals surface area contributed by atoms with Gasteiger partial charge in [0, 0.05) is 10.9 Å². The minimum absolute atomic E-state index is 0.104. The van der Waals surface area contributed by atoms with Gasteiger partial charge in [0.1, 0.15) is 0 Å². The first-order valence-corrected chi connectivity index (χ1v) is 6.99. The van der Waals surface area contributed by atoms with Crippen LogP contribution in [0.1, 0.15) is 44.6 Å². The number of anilines is 1. The third-order valence-electron chi connectivity index (χ3n) is 2.72. The summed E-state index contributed by atoms with van der Waals surface area (Å²) in [6, 6.07) is 5.88. The van der Waals surface area contributed by atoms with Crippen LogP contribution in [0.2, 0.25) is 0 Å². The summed E-state index contributed by atoms with van der Waals surface area (Å²) in [7, 11) is 0. The van der Waals surface area contributed by atoms with E-state index in [1.54, 1.807) is 0 Å². The van der Waals surface area contributed by atoms with Crippen LogP contribution >= 0.6 is 15.9 Å². The summed E-state index contributed by atoms with van der Waals surface area (Å²) in [5.41, 5.74) is 2.00. The summed E-state index contributed by atoms with van der Waals surface area (Å²) < 4.78 is 0.974. The molecule has 94 valence electrons. The monoisotopic (exact) mass is 297 g/mol. The fourth-order valence-corrected chi connectivity index (χ4v) is 2.03. The van der Waals surface area contributed by atoms with Gasteiger partial charge in [0.2, 0.25) is 5.91 Å². The Labute approximate surface area is 112 Å². The molecule has 0 atom stereocenters. The maximum absolute atomic E-state index is 11.7. The van der Waals surface area contributed by atoms with E-state index in [0.717, 1.165) is 28.6 Å². The summed E-state index contributed by atoms with van der Waals surface area (Å²) in [4.78, 5) is 11.7. The lowest BCUT2D eigenvalue weighted by Gasteiger charge is -2.08. The molecule has 0 radical (unpaired) electrons. The van der Waals surface area contributed by atoms with Crippen molar-refractivity contribution in [1.82, 2.24) is 0 Å². The molecule has 3 heteroatoms. The van der Waals surface area contributed by atoms with Gasteiger partial charge < -0.3 is 5.32 Å². The first-order chi connectivity index (χ1) is 8.15. The van der Waals surface area contributed by atoms with E-state index in [0.29, 0.717) is 6.42 Å². The van der Waals surface area contributed by atoms with E-state index in [1.807, 2.05) is 25.1 Å². The van der Waals surface area contributed by atoms with Crippen molar-refractivity contribution in [2.24, 2.45) is 0 Å². The molecule has 0 saturated carbocycles. The maximum atomic E-state index is 11.7. The molecule has 0 aliphatic rings. The van der Waals surface area contributed by atoms with Crippen molar-refractivity contribution in [3.05, 3.63) is 28.2 Å². The van der Waals surface area contributed by atoms with Gasteiger partial charge in [-0.05, 0) is 40.9 Å². The lowest BCUT2D eigenvalue weighted by Crippen LogP contribution is -2.11. The zero-order valence-electron chi connectivity index (χ0n) is 10.6. The molecule has 1 rings (SSSR count). The van der Waals surface area contributed by atoms with Crippen LogP contribution in [0.25, 0.3) is 0 Å². The van der Waals surface area contributed by atoms with E-state index < -0.39 is 0 Å². The molecule has 0 aromatic heterocycles. The molecular weight excluding hydrogens is 278 g/mol. The molecule has 0 unspecified atom stereocenters. The predicted octanol–water partition coefficient (Wildman–Crippen LogP) is 4.67. The summed E-state index contributed by atoms with van der Waals surface area (Å²) in [5.74, 6) is 0.104. The smallest absolute Gasteiger partial charge is 0.224 e. The number of aryl methyl sites for hydroxylation is 1. The van der Waals surface area contributed by atoms with Crippen LogP contribution in [-0.4, -0.2) is 5.91 Å². The molecule has 0 heterocycles. The molecule has 17 heavy (non-hydrogen) atoms. The van der Waals surface area contributed by atoms with Crippen LogP contribution in [0.4, 0.5) is 5.69 Å². The average Bonchev–Trinajstić information content (AvgIpc) is 2.31. The standard InChI is InChI=1S/C14H20BrNO/c1-3-4-5-6-10-13(17)16-12-9-7-8-11(2)14(12)15/h7-9H,3-6,10H2,1-2H3,(H,16,17). The number of hydrogen-bond donors (Lipinski definition) is 1. The number of halogens is 1. The first-order valence-electron chi connectivity index (χ1n) is 6.20. The van der Waals surface area contributed by atoms with Crippen molar-refractivity contribution in [1.29, 1.82) is 0 Å². The van der Waals surface area contributed by atoms with Crippen molar-refractivity contribution in [3.63, 3.8) is 0 Å².